The normalized spacial score (nSPS) is 17.4. The van der Waals surface area contributed by atoms with Gasteiger partial charge in [-0.1, -0.05) is 6.92 Å². The highest BCUT2D eigenvalue weighted by atomic mass is 32.2. The van der Waals surface area contributed by atoms with Gasteiger partial charge in [0.05, 0.1) is 15.8 Å². The number of benzene rings is 1. The zero-order valence-electron chi connectivity index (χ0n) is 13.7. The van der Waals surface area contributed by atoms with Crippen LogP contribution in [0.3, 0.4) is 0 Å². The first kappa shape index (κ1) is 16.9. The number of rotatable bonds is 3. The maximum atomic E-state index is 12.8. The molecule has 3 rings (SSSR count). The zero-order chi connectivity index (χ0) is 17.5. The summed E-state index contributed by atoms with van der Waals surface area (Å²) in [7, 11) is -3.66. The molecule has 0 amide bonds. The molecule has 0 N–H and O–H groups in total. The number of fused-ring (bicyclic) bond motifs is 1. The summed E-state index contributed by atoms with van der Waals surface area (Å²) in [4.78, 5) is 23.7. The lowest BCUT2D eigenvalue weighted by Crippen LogP contribution is -2.38. The minimum absolute atomic E-state index is 0.0538. The molecular weight excluding hydrogens is 332 g/mol. The van der Waals surface area contributed by atoms with Crippen molar-refractivity contribution >= 4 is 20.9 Å². The van der Waals surface area contributed by atoms with Crippen molar-refractivity contribution in [2.24, 2.45) is 5.92 Å². The monoisotopic (exact) mass is 352 g/mol. The van der Waals surface area contributed by atoms with Crippen LogP contribution >= 0.6 is 0 Å². The van der Waals surface area contributed by atoms with E-state index in [-0.39, 0.29) is 10.3 Å². The van der Waals surface area contributed by atoms with E-state index in [1.807, 2.05) is 0 Å². The van der Waals surface area contributed by atoms with Crippen LogP contribution in [-0.2, 0) is 16.6 Å². The van der Waals surface area contributed by atoms with Gasteiger partial charge in [0.25, 0.3) is 0 Å². The van der Waals surface area contributed by atoms with E-state index in [9.17, 15) is 18.0 Å². The highest BCUT2D eigenvalue weighted by Gasteiger charge is 2.28. The Morgan fingerprint density at radius 1 is 1.21 bits per heavy atom. The van der Waals surface area contributed by atoms with E-state index in [0.717, 1.165) is 12.8 Å². The summed E-state index contributed by atoms with van der Waals surface area (Å²) in [6.45, 7) is 5.14. The van der Waals surface area contributed by atoms with Gasteiger partial charge in [-0.05, 0) is 43.9 Å². The molecule has 8 heteroatoms. The van der Waals surface area contributed by atoms with Gasteiger partial charge in [0.2, 0.25) is 10.0 Å². The van der Waals surface area contributed by atoms with Gasteiger partial charge in [-0.3, -0.25) is 4.57 Å². The molecule has 0 bridgehead atoms. The Morgan fingerprint density at radius 3 is 2.50 bits per heavy atom. The molecule has 1 saturated heterocycles. The summed E-state index contributed by atoms with van der Waals surface area (Å²) in [6.07, 6.45) is 1.65. The summed E-state index contributed by atoms with van der Waals surface area (Å²) >= 11 is 0. The Bertz CT molecular complexity index is 982. The Labute approximate surface area is 139 Å². The number of aryl methyl sites for hydroxylation is 1. The second-order valence-electron chi connectivity index (χ2n) is 6.17. The quantitative estimate of drug-likeness (QED) is 0.833. The van der Waals surface area contributed by atoms with Gasteiger partial charge in [-0.25, -0.2) is 18.0 Å². The summed E-state index contributed by atoms with van der Waals surface area (Å²) < 4.78 is 33.0. The summed E-state index contributed by atoms with van der Waals surface area (Å²) in [5.41, 5.74) is -0.436. The Kier molecular flexibility index (Phi) is 4.35. The Hall–Kier alpha value is -1.93. The van der Waals surface area contributed by atoms with E-state index in [0.29, 0.717) is 31.1 Å². The van der Waals surface area contributed by atoms with Crippen LogP contribution in [0, 0.1) is 5.92 Å². The van der Waals surface area contributed by atoms with Crippen molar-refractivity contribution in [3.05, 3.63) is 39.2 Å². The molecule has 7 nitrogen and oxygen atoms in total. The number of hydrogen-bond donors (Lipinski definition) is 0. The SMILES string of the molecule is CCn1c(=O)oc(=O)c2cc(S(=O)(=O)N3CCC(C)CC3)ccc21. The molecule has 130 valence electrons. The fourth-order valence-electron chi connectivity index (χ4n) is 3.04. The standard InChI is InChI=1S/C16H20N2O5S/c1-3-18-14-5-4-12(10-13(14)15(19)23-16(18)20)24(21,22)17-8-6-11(2)7-9-17/h4-5,10-11H,3,6-9H2,1-2H3. The maximum absolute atomic E-state index is 12.8. The zero-order valence-corrected chi connectivity index (χ0v) is 14.5. The molecule has 1 aromatic carbocycles. The molecule has 1 aliphatic heterocycles. The van der Waals surface area contributed by atoms with Crippen molar-refractivity contribution in [2.75, 3.05) is 13.1 Å². The molecule has 24 heavy (non-hydrogen) atoms. The predicted octanol–water partition coefficient (Wildman–Crippen LogP) is 1.40. The molecule has 1 aromatic heterocycles. The van der Waals surface area contributed by atoms with E-state index in [4.69, 9.17) is 0 Å². The highest BCUT2D eigenvalue weighted by Crippen LogP contribution is 2.24. The second kappa shape index (κ2) is 6.18. The lowest BCUT2D eigenvalue weighted by atomic mass is 10.0. The van der Waals surface area contributed by atoms with E-state index in [1.165, 1.54) is 27.1 Å². The van der Waals surface area contributed by atoms with Gasteiger partial charge in [-0.15, -0.1) is 0 Å². The van der Waals surface area contributed by atoms with Crippen LogP contribution < -0.4 is 11.4 Å². The topological polar surface area (TPSA) is 89.6 Å². The molecule has 0 unspecified atom stereocenters. The first-order valence-electron chi connectivity index (χ1n) is 8.02. The third-order valence-corrected chi connectivity index (χ3v) is 6.47. The molecule has 2 aromatic rings. The van der Waals surface area contributed by atoms with Gasteiger partial charge < -0.3 is 4.42 Å². The van der Waals surface area contributed by atoms with Crippen molar-refractivity contribution in [1.82, 2.24) is 8.87 Å². The van der Waals surface area contributed by atoms with Crippen LogP contribution in [0.1, 0.15) is 26.7 Å². The molecule has 0 saturated carbocycles. The molecule has 0 spiro atoms. The molecule has 1 aliphatic rings. The summed E-state index contributed by atoms with van der Waals surface area (Å²) in [5.74, 6) is -0.227. The number of piperidine rings is 1. The number of nitrogens with zero attached hydrogens (tertiary/aromatic N) is 2. The fraction of sp³-hybridized carbons (Fsp3) is 0.500. The van der Waals surface area contributed by atoms with Crippen LogP contribution in [0.15, 0.2) is 37.1 Å². The van der Waals surface area contributed by atoms with Crippen molar-refractivity contribution in [3.63, 3.8) is 0 Å². The third kappa shape index (κ3) is 2.80. The number of aromatic nitrogens is 1. The van der Waals surface area contributed by atoms with Gasteiger partial charge in [-0.2, -0.15) is 4.31 Å². The van der Waals surface area contributed by atoms with Crippen molar-refractivity contribution < 1.29 is 12.8 Å². The van der Waals surface area contributed by atoms with E-state index in [1.54, 1.807) is 6.92 Å². The lowest BCUT2D eigenvalue weighted by Gasteiger charge is -2.29. The van der Waals surface area contributed by atoms with E-state index >= 15 is 0 Å². The van der Waals surface area contributed by atoms with Gasteiger partial charge in [0.1, 0.15) is 0 Å². The second-order valence-corrected chi connectivity index (χ2v) is 8.10. The first-order valence-corrected chi connectivity index (χ1v) is 9.46. The molecule has 2 heterocycles. The fourth-order valence-corrected chi connectivity index (χ4v) is 4.53. The van der Waals surface area contributed by atoms with Crippen LogP contribution in [0.4, 0.5) is 0 Å². The van der Waals surface area contributed by atoms with Gasteiger partial charge in [0.15, 0.2) is 0 Å². The first-order chi connectivity index (χ1) is 11.3. The average molecular weight is 352 g/mol. The lowest BCUT2D eigenvalue weighted by molar-refractivity contribution is 0.288. The molecular formula is C16H20N2O5S. The Morgan fingerprint density at radius 2 is 1.88 bits per heavy atom. The van der Waals surface area contributed by atoms with Crippen molar-refractivity contribution in [3.8, 4) is 0 Å². The average Bonchev–Trinajstić information content (AvgIpc) is 2.55. The maximum Gasteiger partial charge on any atom is 0.422 e. The molecule has 0 aliphatic carbocycles. The molecule has 0 atom stereocenters. The summed E-state index contributed by atoms with van der Waals surface area (Å²) in [5, 5.41) is 0.0999. The minimum atomic E-state index is -3.66. The third-order valence-electron chi connectivity index (χ3n) is 4.58. The van der Waals surface area contributed by atoms with Crippen LogP contribution in [0.25, 0.3) is 10.9 Å². The van der Waals surface area contributed by atoms with Crippen molar-refractivity contribution in [1.29, 1.82) is 0 Å². The van der Waals surface area contributed by atoms with Crippen LogP contribution in [0.5, 0.6) is 0 Å². The highest BCUT2D eigenvalue weighted by molar-refractivity contribution is 7.89. The number of sulfonamides is 1. The van der Waals surface area contributed by atoms with E-state index in [2.05, 4.69) is 11.3 Å². The number of hydrogen-bond acceptors (Lipinski definition) is 5. The molecule has 1 fully saturated rings. The summed E-state index contributed by atoms with van der Waals surface area (Å²) in [6, 6.07) is 4.25. The van der Waals surface area contributed by atoms with Crippen molar-refractivity contribution in [2.45, 2.75) is 38.1 Å². The van der Waals surface area contributed by atoms with E-state index < -0.39 is 21.4 Å². The molecule has 0 radical (unpaired) electrons. The van der Waals surface area contributed by atoms with Gasteiger partial charge >= 0.3 is 11.4 Å². The van der Waals surface area contributed by atoms with Crippen LogP contribution in [-0.4, -0.2) is 30.4 Å². The van der Waals surface area contributed by atoms with Crippen LogP contribution in [0.2, 0.25) is 0 Å². The Balaban J connectivity index is 2.11. The smallest absolute Gasteiger partial charge is 0.372 e. The predicted molar refractivity (Wildman–Crippen MR) is 89.6 cm³/mol. The minimum Gasteiger partial charge on any atom is -0.372 e. The largest absolute Gasteiger partial charge is 0.422 e. The van der Waals surface area contributed by atoms with Gasteiger partial charge in [0, 0.05) is 19.6 Å².